The molecule has 0 unspecified atom stereocenters. The van der Waals surface area contributed by atoms with E-state index in [0.717, 1.165) is 5.56 Å². The summed E-state index contributed by atoms with van der Waals surface area (Å²) in [6.45, 7) is -0.0395. The zero-order chi connectivity index (χ0) is 8.97. The Bertz CT molecular complexity index is 284. The van der Waals surface area contributed by atoms with Crippen LogP contribution in [0.3, 0.4) is 0 Å². The fourth-order valence-electron chi connectivity index (χ4n) is 0.924. The highest BCUT2D eigenvalue weighted by Crippen LogP contribution is 2.05. The molecule has 0 aliphatic rings. The third-order valence-corrected chi connectivity index (χ3v) is 1.50. The van der Waals surface area contributed by atoms with Gasteiger partial charge in [-0.05, 0) is 17.7 Å². The van der Waals surface area contributed by atoms with Crippen molar-refractivity contribution in [1.82, 2.24) is 0 Å². The summed E-state index contributed by atoms with van der Waals surface area (Å²) < 4.78 is 0. The Hall–Kier alpha value is -1.35. The average Bonchev–Trinajstić information content (AvgIpc) is 2.05. The molecule has 0 bridgehead atoms. The molecule has 3 nitrogen and oxygen atoms in total. The molecule has 0 heterocycles. The Morgan fingerprint density at radius 1 is 1.58 bits per heavy atom. The van der Waals surface area contributed by atoms with Gasteiger partial charge in [0.05, 0.1) is 6.61 Å². The number of nitrogens with two attached hydrogens (primary N) is 1. The summed E-state index contributed by atoms with van der Waals surface area (Å²) >= 11 is 0. The molecule has 1 aromatic rings. The normalized spacial score (nSPS) is 9.75. The van der Waals surface area contributed by atoms with Crippen LogP contribution >= 0.6 is 0 Å². The minimum absolute atomic E-state index is 0.0395. The summed E-state index contributed by atoms with van der Waals surface area (Å²) in [7, 11) is 0. The molecule has 3 N–H and O–H groups in total. The van der Waals surface area contributed by atoms with Crippen LogP contribution in [0.25, 0.3) is 0 Å². The number of carbonyl (C=O) groups excluding carboxylic acids is 1. The molecule has 0 aliphatic carbocycles. The Morgan fingerprint density at radius 3 is 2.92 bits per heavy atom. The lowest BCUT2D eigenvalue weighted by Crippen LogP contribution is -2.10. The first-order valence-corrected chi connectivity index (χ1v) is 3.58. The van der Waals surface area contributed by atoms with E-state index in [1.165, 1.54) is 0 Å². The van der Waals surface area contributed by atoms with Gasteiger partial charge in [0.2, 0.25) is 5.91 Å². The Balaban J connectivity index is 2.88. The number of amides is 1. The molecule has 1 aromatic carbocycles. The van der Waals surface area contributed by atoms with E-state index in [2.05, 4.69) is 0 Å². The van der Waals surface area contributed by atoms with Crippen LogP contribution in [-0.2, 0) is 0 Å². The van der Waals surface area contributed by atoms with Gasteiger partial charge in [-0.15, -0.1) is 0 Å². The standard InChI is InChI=1S/C9H10NO2/c10-9(12)8-3-1-2-7(6-8)4-5-11/h1-4,6,11H,5H2,(H2,10,12). The molecule has 63 valence electrons. The number of carbonyl (C=O) groups is 1. The van der Waals surface area contributed by atoms with Crippen molar-refractivity contribution in [2.45, 2.75) is 0 Å². The van der Waals surface area contributed by atoms with E-state index in [1.54, 1.807) is 30.7 Å². The van der Waals surface area contributed by atoms with Crippen LogP contribution < -0.4 is 5.73 Å². The van der Waals surface area contributed by atoms with Crippen molar-refractivity contribution < 1.29 is 9.90 Å². The monoisotopic (exact) mass is 164 g/mol. The van der Waals surface area contributed by atoms with Crippen LogP contribution in [0.1, 0.15) is 15.9 Å². The number of hydrogen-bond donors (Lipinski definition) is 2. The first kappa shape index (κ1) is 8.74. The summed E-state index contributed by atoms with van der Waals surface area (Å²) in [5.41, 5.74) is 6.32. The smallest absolute Gasteiger partial charge is 0.248 e. The lowest BCUT2D eigenvalue weighted by molar-refractivity contribution is 0.1000. The van der Waals surface area contributed by atoms with Gasteiger partial charge in [-0.2, -0.15) is 0 Å². The predicted octanol–water partition coefficient (Wildman–Crippen LogP) is 0.330. The van der Waals surface area contributed by atoms with E-state index < -0.39 is 5.91 Å². The Labute approximate surface area is 70.8 Å². The van der Waals surface area contributed by atoms with Crippen LogP contribution in [0.15, 0.2) is 24.3 Å². The zero-order valence-electron chi connectivity index (χ0n) is 6.53. The van der Waals surface area contributed by atoms with Crippen LogP contribution in [0, 0.1) is 6.42 Å². The number of hydrogen-bond acceptors (Lipinski definition) is 2. The van der Waals surface area contributed by atoms with Crippen molar-refractivity contribution >= 4 is 5.91 Å². The fraction of sp³-hybridized carbons (Fsp3) is 0.111. The Kier molecular flexibility index (Phi) is 2.82. The molecule has 12 heavy (non-hydrogen) atoms. The van der Waals surface area contributed by atoms with E-state index in [9.17, 15) is 4.79 Å². The maximum absolute atomic E-state index is 10.7. The molecule has 0 aromatic heterocycles. The average molecular weight is 164 g/mol. The number of aliphatic hydroxyl groups excluding tert-OH is 1. The molecule has 0 saturated heterocycles. The van der Waals surface area contributed by atoms with E-state index >= 15 is 0 Å². The number of benzene rings is 1. The maximum Gasteiger partial charge on any atom is 0.248 e. The molecule has 1 amide bonds. The quantitative estimate of drug-likeness (QED) is 0.676. The minimum Gasteiger partial charge on any atom is -0.396 e. The minimum atomic E-state index is -0.455. The highest BCUT2D eigenvalue weighted by Gasteiger charge is 2.00. The van der Waals surface area contributed by atoms with Crippen molar-refractivity contribution in [3.8, 4) is 0 Å². The van der Waals surface area contributed by atoms with Gasteiger partial charge in [0, 0.05) is 12.0 Å². The van der Waals surface area contributed by atoms with Crippen LogP contribution in [0.5, 0.6) is 0 Å². The van der Waals surface area contributed by atoms with Crippen molar-refractivity contribution in [3.05, 3.63) is 41.8 Å². The second-order valence-corrected chi connectivity index (χ2v) is 2.38. The summed E-state index contributed by atoms with van der Waals surface area (Å²) in [4.78, 5) is 10.7. The van der Waals surface area contributed by atoms with E-state index in [4.69, 9.17) is 10.8 Å². The van der Waals surface area contributed by atoms with Gasteiger partial charge in [0.25, 0.3) is 0 Å². The molecule has 0 fully saturated rings. The lowest BCUT2D eigenvalue weighted by Gasteiger charge is -1.99. The molecular formula is C9H10NO2. The van der Waals surface area contributed by atoms with E-state index in [1.807, 2.05) is 0 Å². The molecule has 0 atom stereocenters. The molecule has 1 rings (SSSR count). The van der Waals surface area contributed by atoms with Gasteiger partial charge in [0.1, 0.15) is 0 Å². The third-order valence-electron chi connectivity index (χ3n) is 1.50. The molecule has 1 radical (unpaired) electrons. The van der Waals surface area contributed by atoms with Crippen LogP contribution in [0.2, 0.25) is 0 Å². The molecule has 0 saturated carbocycles. The maximum atomic E-state index is 10.7. The van der Waals surface area contributed by atoms with Gasteiger partial charge < -0.3 is 10.8 Å². The van der Waals surface area contributed by atoms with Crippen LogP contribution in [-0.4, -0.2) is 17.6 Å². The molecular weight excluding hydrogens is 154 g/mol. The van der Waals surface area contributed by atoms with Gasteiger partial charge in [-0.25, -0.2) is 0 Å². The second kappa shape index (κ2) is 3.88. The fourth-order valence-corrected chi connectivity index (χ4v) is 0.924. The van der Waals surface area contributed by atoms with E-state index in [0.29, 0.717) is 5.56 Å². The Morgan fingerprint density at radius 2 is 2.33 bits per heavy atom. The summed E-state index contributed by atoms with van der Waals surface area (Å²) in [6, 6.07) is 6.79. The number of rotatable bonds is 3. The third kappa shape index (κ3) is 2.07. The first-order chi connectivity index (χ1) is 5.74. The van der Waals surface area contributed by atoms with Crippen LogP contribution in [0.4, 0.5) is 0 Å². The topological polar surface area (TPSA) is 63.3 Å². The lowest BCUT2D eigenvalue weighted by atomic mass is 10.1. The number of aliphatic hydroxyl groups is 1. The van der Waals surface area contributed by atoms with Gasteiger partial charge in [0.15, 0.2) is 0 Å². The van der Waals surface area contributed by atoms with Gasteiger partial charge in [-0.3, -0.25) is 4.79 Å². The van der Waals surface area contributed by atoms with Gasteiger partial charge >= 0.3 is 0 Å². The summed E-state index contributed by atoms with van der Waals surface area (Å²) in [5, 5.41) is 8.58. The molecule has 3 heteroatoms. The second-order valence-electron chi connectivity index (χ2n) is 2.38. The first-order valence-electron chi connectivity index (χ1n) is 3.58. The van der Waals surface area contributed by atoms with Gasteiger partial charge in [-0.1, -0.05) is 12.1 Å². The molecule has 0 spiro atoms. The summed E-state index contributed by atoms with van der Waals surface area (Å²) in [5.74, 6) is -0.455. The van der Waals surface area contributed by atoms with Crippen molar-refractivity contribution in [2.75, 3.05) is 6.61 Å². The van der Waals surface area contributed by atoms with Crippen molar-refractivity contribution in [1.29, 1.82) is 0 Å². The highest BCUT2D eigenvalue weighted by atomic mass is 16.2. The van der Waals surface area contributed by atoms with Crippen molar-refractivity contribution in [2.24, 2.45) is 5.73 Å². The summed E-state index contributed by atoms with van der Waals surface area (Å²) in [6.07, 6.45) is 1.60. The SMILES string of the molecule is NC(=O)c1cccc([CH]CO)c1. The highest BCUT2D eigenvalue weighted by molar-refractivity contribution is 5.92. The van der Waals surface area contributed by atoms with E-state index in [-0.39, 0.29) is 6.61 Å². The zero-order valence-corrected chi connectivity index (χ0v) is 6.53. The largest absolute Gasteiger partial charge is 0.396 e. The number of primary amides is 1. The van der Waals surface area contributed by atoms with Crippen molar-refractivity contribution in [3.63, 3.8) is 0 Å². The predicted molar refractivity (Wildman–Crippen MR) is 45.4 cm³/mol. The molecule has 0 aliphatic heterocycles.